The molecule has 0 bridgehead atoms. The minimum atomic E-state index is -4.22. The Kier molecular flexibility index (Phi) is 10.9. The van der Waals surface area contributed by atoms with Crippen molar-refractivity contribution in [3.63, 3.8) is 0 Å². The van der Waals surface area contributed by atoms with E-state index in [0.717, 1.165) is 38.6 Å². The topological polar surface area (TPSA) is 90.0 Å². The van der Waals surface area contributed by atoms with Crippen LogP contribution in [0.4, 0.5) is 10.1 Å². The molecule has 0 heterocycles. The molecule has 0 aliphatic heterocycles. The maximum atomic E-state index is 14.7. The van der Waals surface area contributed by atoms with Gasteiger partial charge in [0.1, 0.15) is 18.4 Å². The van der Waals surface area contributed by atoms with Crippen molar-refractivity contribution >= 4 is 27.7 Å². The van der Waals surface area contributed by atoms with E-state index in [4.69, 9.17) is 0 Å². The maximum Gasteiger partial charge on any atom is 0.304 e. The number of hydrogen-bond acceptors (Lipinski definition) is 4. The standard InChI is InChI=1S/C26H37FN4O4S/c1-6-8-17-28-26(33)23(7-2)30(18-21-14-10-9-13-20(21)3)25(32)19-31(36(34,35)29(4)5)24-16-12-11-15-22(24)27/h9-16,23H,6-8,17-19H2,1-5H3,(H,28,33)/t23-/m1/s1. The summed E-state index contributed by atoms with van der Waals surface area (Å²) in [6, 6.07) is 12.1. The second-order valence-corrected chi connectivity index (χ2v) is 10.8. The van der Waals surface area contributed by atoms with E-state index in [0.29, 0.717) is 13.0 Å². The average Bonchev–Trinajstić information content (AvgIpc) is 2.84. The lowest BCUT2D eigenvalue weighted by molar-refractivity contribution is -0.140. The summed E-state index contributed by atoms with van der Waals surface area (Å²) in [5.74, 6) is -1.68. The molecule has 0 radical (unpaired) electrons. The van der Waals surface area contributed by atoms with Gasteiger partial charge in [-0.05, 0) is 43.0 Å². The van der Waals surface area contributed by atoms with Crippen molar-refractivity contribution in [2.45, 2.75) is 52.6 Å². The molecular formula is C26H37FN4O4S. The summed E-state index contributed by atoms with van der Waals surface area (Å²) in [6.07, 6.45) is 2.04. The molecule has 198 valence electrons. The largest absolute Gasteiger partial charge is 0.354 e. The lowest BCUT2D eigenvalue weighted by atomic mass is 10.1. The minimum Gasteiger partial charge on any atom is -0.354 e. The van der Waals surface area contributed by atoms with Crippen LogP contribution >= 0.6 is 0 Å². The number of aryl methyl sites for hydroxylation is 1. The predicted octanol–water partition coefficient (Wildman–Crippen LogP) is 3.47. The minimum absolute atomic E-state index is 0.109. The van der Waals surface area contributed by atoms with Crippen LogP contribution in [0, 0.1) is 12.7 Å². The first-order chi connectivity index (χ1) is 17.0. The Morgan fingerprint density at radius 1 is 1.03 bits per heavy atom. The van der Waals surface area contributed by atoms with Crippen molar-refractivity contribution in [1.82, 2.24) is 14.5 Å². The van der Waals surface area contributed by atoms with Crippen molar-refractivity contribution < 1.29 is 22.4 Å². The number of unbranched alkanes of at least 4 members (excludes halogenated alkanes) is 1. The molecule has 0 aliphatic carbocycles. The van der Waals surface area contributed by atoms with Crippen LogP contribution in [0.2, 0.25) is 0 Å². The lowest BCUT2D eigenvalue weighted by Crippen LogP contribution is -2.53. The Balaban J connectivity index is 2.50. The van der Waals surface area contributed by atoms with E-state index < -0.39 is 34.5 Å². The van der Waals surface area contributed by atoms with Gasteiger partial charge in [-0.25, -0.2) is 8.70 Å². The fourth-order valence-corrected chi connectivity index (χ4v) is 4.82. The van der Waals surface area contributed by atoms with Crippen LogP contribution in [-0.2, 0) is 26.3 Å². The summed E-state index contributed by atoms with van der Waals surface area (Å²) < 4.78 is 42.6. The third-order valence-corrected chi connectivity index (χ3v) is 7.76. The number of amides is 2. The molecule has 8 nitrogen and oxygen atoms in total. The molecule has 0 saturated carbocycles. The number of nitrogens with zero attached hydrogens (tertiary/aromatic N) is 3. The summed E-state index contributed by atoms with van der Waals surface area (Å²) in [5, 5.41) is 2.88. The molecule has 0 unspecified atom stereocenters. The van der Waals surface area contributed by atoms with E-state index in [2.05, 4.69) is 5.32 Å². The van der Waals surface area contributed by atoms with Gasteiger partial charge in [-0.1, -0.05) is 56.7 Å². The van der Waals surface area contributed by atoms with E-state index in [1.807, 2.05) is 38.1 Å². The first kappa shape index (κ1) is 29.3. The Labute approximate surface area is 214 Å². The number of anilines is 1. The molecule has 1 N–H and O–H groups in total. The summed E-state index contributed by atoms with van der Waals surface area (Å²) in [6.45, 7) is 5.65. The average molecular weight is 521 g/mol. The molecule has 10 heteroatoms. The summed E-state index contributed by atoms with van der Waals surface area (Å²) in [5.41, 5.74) is 1.53. The SMILES string of the molecule is CCCCNC(=O)[C@@H](CC)N(Cc1ccccc1C)C(=O)CN(c1ccccc1F)S(=O)(=O)N(C)C. The number of carbonyl (C=O) groups is 2. The molecule has 2 rings (SSSR count). The van der Waals surface area contributed by atoms with E-state index in [1.54, 1.807) is 6.92 Å². The van der Waals surface area contributed by atoms with Gasteiger partial charge in [0.05, 0.1) is 5.69 Å². The molecular weight excluding hydrogens is 483 g/mol. The molecule has 36 heavy (non-hydrogen) atoms. The molecule has 2 aromatic rings. The number of halogens is 1. The van der Waals surface area contributed by atoms with Crippen molar-refractivity contribution in [1.29, 1.82) is 0 Å². The second-order valence-electron chi connectivity index (χ2n) is 8.76. The zero-order valence-corrected chi connectivity index (χ0v) is 22.5. The monoisotopic (exact) mass is 520 g/mol. The van der Waals surface area contributed by atoms with Gasteiger partial charge in [-0.2, -0.15) is 12.7 Å². The Morgan fingerprint density at radius 2 is 1.67 bits per heavy atom. The predicted molar refractivity (Wildman–Crippen MR) is 140 cm³/mol. The highest BCUT2D eigenvalue weighted by Gasteiger charge is 2.34. The molecule has 0 saturated heterocycles. The van der Waals surface area contributed by atoms with Gasteiger partial charge in [-0.15, -0.1) is 0 Å². The smallest absolute Gasteiger partial charge is 0.304 e. The lowest BCUT2D eigenvalue weighted by Gasteiger charge is -2.34. The molecule has 0 spiro atoms. The van der Waals surface area contributed by atoms with E-state index in [-0.39, 0.29) is 18.1 Å². The summed E-state index contributed by atoms with van der Waals surface area (Å²) >= 11 is 0. The first-order valence-corrected chi connectivity index (χ1v) is 13.5. The second kappa shape index (κ2) is 13.4. The molecule has 0 aliphatic rings. The van der Waals surface area contributed by atoms with Crippen LogP contribution in [0.1, 0.15) is 44.2 Å². The molecule has 2 amide bonds. The van der Waals surface area contributed by atoms with Crippen molar-refractivity contribution in [3.05, 3.63) is 65.5 Å². The molecule has 0 fully saturated rings. The van der Waals surface area contributed by atoms with Crippen LogP contribution < -0.4 is 9.62 Å². The van der Waals surface area contributed by atoms with Gasteiger partial charge in [-0.3, -0.25) is 9.59 Å². The quantitative estimate of drug-likeness (QED) is 0.410. The van der Waals surface area contributed by atoms with Crippen LogP contribution in [0.25, 0.3) is 0 Å². The van der Waals surface area contributed by atoms with Gasteiger partial charge in [0.15, 0.2) is 0 Å². The summed E-state index contributed by atoms with van der Waals surface area (Å²) in [7, 11) is -1.59. The maximum absolute atomic E-state index is 14.7. The number of rotatable bonds is 13. The molecule has 0 aromatic heterocycles. The number of carbonyl (C=O) groups excluding carboxylic acids is 2. The number of para-hydroxylation sites is 1. The Bertz CT molecular complexity index is 1140. The highest BCUT2D eigenvalue weighted by atomic mass is 32.2. The highest BCUT2D eigenvalue weighted by molar-refractivity contribution is 7.90. The van der Waals surface area contributed by atoms with Crippen molar-refractivity contribution in [2.75, 3.05) is 31.5 Å². The third kappa shape index (κ3) is 7.27. The van der Waals surface area contributed by atoms with Crippen LogP contribution in [0.5, 0.6) is 0 Å². The summed E-state index contributed by atoms with van der Waals surface area (Å²) in [4.78, 5) is 28.2. The van der Waals surface area contributed by atoms with Gasteiger partial charge >= 0.3 is 10.2 Å². The third-order valence-electron chi connectivity index (χ3n) is 5.96. The zero-order chi connectivity index (χ0) is 26.9. The number of benzene rings is 2. The fourth-order valence-electron chi connectivity index (χ4n) is 3.75. The van der Waals surface area contributed by atoms with Crippen molar-refractivity contribution in [2.24, 2.45) is 0 Å². The van der Waals surface area contributed by atoms with E-state index in [9.17, 15) is 22.4 Å². The first-order valence-electron chi connectivity index (χ1n) is 12.1. The van der Waals surface area contributed by atoms with E-state index in [1.165, 1.54) is 37.2 Å². The highest BCUT2D eigenvalue weighted by Crippen LogP contribution is 2.24. The van der Waals surface area contributed by atoms with Crippen LogP contribution in [-0.4, -0.2) is 62.7 Å². The molecule has 2 aromatic carbocycles. The van der Waals surface area contributed by atoms with Gasteiger partial charge < -0.3 is 10.2 Å². The van der Waals surface area contributed by atoms with Gasteiger partial charge in [0.25, 0.3) is 0 Å². The fraction of sp³-hybridized carbons (Fsp3) is 0.462. The van der Waals surface area contributed by atoms with Crippen LogP contribution in [0.15, 0.2) is 48.5 Å². The normalized spacial score (nSPS) is 12.3. The van der Waals surface area contributed by atoms with Crippen LogP contribution in [0.3, 0.4) is 0 Å². The Hall–Kier alpha value is -2.98. The molecule has 1 atom stereocenters. The van der Waals surface area contributed by atoms with Gasteiger partial charge in [0.2, 0.25) is 11.8 Å². The van der Waals surface area contributed by atoms with Gasteiger partial charge in [0, 0.05) is 27.2 Å². The van der Waals surface area contributed by atoms with Crippen molar-refractivity contribution in [3.8, 4) is 0 Å². The zero-order valence-electron chi connectivity index (χ0n) is 21.7. The van der Waals surface area contributed by atoms with E-state index >= 15 is 0 Å². The number of nitrogens with one attached hydrogen (secondary N) is 1. The Morgan fingerprint density at radius 3 is 2.25 bits per heavy atom. The number of hydrogen-bond donors (Lipinski definition) is 1.